The number of halogens is 3. The van der Waals surface area contributed by atoms with Gasteiger partial charge < -0.3 is 4.74 Å². The van der Waals surface area contributed by atoms with Crippen molar-refractivity contribution in [1.29, 1.82) is 0 Å². The molecule has 0 aliphatic carbocycles. The molecule has 0 radical (unpaired) electrons. The van der Waals surface area contributed by atoms with Gasteiger partial charge in [0.15, 0.2) is 5.78 Å². The summed E-state index contributed by atoms with van der Waals surface area (Å²) in [7, 11) is -0.487. The molecule has 4 nitrogen and oxygen atoms in total. The minimum Gasteiger partial charge on any atom is -0.497 e. The second-order valence-corrected chi connectivity index (χ2v) is 7.95. The normalized spacial score (nSPS) is 15.1. The molecule has 0 aromatic heterocycles. The average Bonchev–Trinajstić information content (AvgIpc) is 2.44. The lowest BCUT2D eigenvalue weighted by atomic mass is 10.0. The van der Waals surface area contributed by atoms with Gasteiger partial charge in [-0.3, -0.25) is 4.79 Å². The number of carbonyl (C=O) groups is 1. The summed E-state index contributed by atoms with van der Waals surface area (Å²) in [5.74, 6) is -0.186. The maximum Gasteiger partial charge on any atom is 0.405 e. The highest BCUT2D eigenvalue weighted by atomic mass is 32.2. The number of rotatable bonds is 6. The molecule has 0 saturated heterocycles. The lowest BCUT2D eigenvalue weighted by molar-refractivity contribution is -0.150. The number of ketones is 1. The summed E-state index contributed by atoms with van der Waals surface area (Å²) in [6.07, 6.45) is -5.50. The molecule has 0 saturated carbocycles. The van der Waals surface area contributed by atoms with Gasteiger partial charge in [0.25, 0.3) is 0 Å². The molecule has 23 heavy (non-hydrogen) atoms. The number of alkyl halides is 3. The third-order valence-electron chi connectivity index (χ3n) is 3.00. The van der Waals surface area contributed by atoms with Gasteiger partial charge in [-0.25, -0.2) is 8.93 Å². The van der Waals surface area contributed by atoms with Crippen LogP contribution in [0.5, 0.6) is 5.75 Å². The molecule has 0 bridgehead atoms. The van der Waals surface area contributed by atoms with Crippen LogP contribution in [0, 0.1) is 0 Å². The molecule has 1 rings (SSSR count). The van der Waals surface area contributed by atoms with E-state index in [0.717, 1.165) is 0 Å². The van der Waals surface area contributed by atoms with Gasteiger partial charge in [-0.2, -0.15) is 13.2 Å². The van der Waals surface area contributed by atoms with E-state index in [-0.39, 0.29) is 5.56 Å². The number of nitrogens with one attached hydrogen (secondary N) is 1. The van der Waals surface area contributed by atoms with Crippen LogP contribution in [0.15, 0.2) is 24.3 Å². The second kappa shape index (κ2) is 7.44. The lowest BCUT2D eigenvalue weighted by Crippen LogP contribution is -2.48. The Kier molecular flexibility index (Phi) is 6.35. The molecule has 0 aliphatic heterocycles. The van der Waals surface area contributed by atoms with E-state index >= 15 is 0 Å². The summed E-state index contributed by atoms with van der Waals surface area (Å²) in [5.41, 5.74) is 0.142. The molecule has 0 aliphatic rings. The highest BCUT2D eigenvalue weighted by molar-refractivity contribution is 7.84. The zero-order valence-electron chi connectivity index (χ0n) is 13.4. The number of ether oxygens (including phenoxy) is 1. The Bertz CT molecular complexity index is 565. The van der Waals surface area contributed by atoms with Crippen LogP contribution in [-0.2, 0) is 11.0 Å². The van der Waals surface area contributed by atoms with E-state index < -0.39 is 40.2 Å². The van der Waals surface area contributed by atoms with Gasteiger partial charge >= 0.3 is 6.18 Å². The Morgan fingerprint density at radius 3 is 2.13 bits per heavy atom. The fourth-order valence-corrected chi connectivity index (χ4v) is 2.44. The van der Waals surface area contributed by atoms with E-state index in [9.17, 15) is 22.2 Å². The topological polar surface area (TPSA) is 55.4 Å². The summed E-state index contributed by atoms with van der Waals surface area (Å²) >= 11 is 0. The van der Waals surface area contributed by atoms with Crippen molar-refractivity contribution in [1.82, 2.24) is 4.72 Å². The molecule has 1 aromatic carbocycles. The first-order chi connectivity index (χ1) is 10.4. The van der Waals surface area contributed by atoms with Crippen molar-refractivity contribution in [2.75, 3.05) is 7.11 Å². The quantitative estimate of drug-likeness (QED) is 0.801. The molecule has 0 amide bonds. The van der Waals surface area contributed by atoms with Crippen LogP contribution in [0.2, 0.25) is 0 Å². The first-order valence-corrected chi connectivity index (χ1v) is 8.02. The molecule has 8 heteroatoms. The van der Waals surface area contributed by atoms with Crippen molar-refractivity contribution < 1.29 is 26.9 Å². The number of methoxy groups -OCH3 is 1. The highest BCUT2D eigenvalue weighted by Gasteiger charge is 2.43. The first-order valence-electron chi connectivity index (χ1n) is 6.87. The first kappa shape index (κ1) is 19.6. The van der Waals surface area contributed by atoms with Crippen LogP contribution in [-0.4, -0.2) is 34.1 Å². The largest absolute Gasteiger partial charge is 0.497 e. The van der Waals surface area contributed by atoms with Crippen molar-refractivity contribution in [3.63, 3.8) is 0 Å². The minimum absolute atomic E-state index is 0.142. The summed E-state index contributed by atoms with van der Waals surface area (Å²) in [6.45, 7) is 4.65. The van der Waals surface area contributed by atoms with Crippen molar-refractivity contribution in [3.8, 4) is 5.75 Å². The Morgan fingerprint density at radius 1 is 1.22 bits per heavy atom. The number of Topliss-reactive ketones (excluding diaryl/α,β-unsaturated/α-hetero) is 1. The number of carbonyl (C=O) groups excluding carboxylic acids is 1. The summed E-state index contributed by atoms with van der Waals surface area (Å²) < 4.78 is 57.3. The standard InChI is InChI=1S/C15H20F3NO3S/c1-14(2,3)23(21)19-13(15(16,17)18)9-12(20)10-5-7-11(22-4)8-6-10/h5-8,13,19H,9H2,1-4H3/t13-,23?/m0/s1. The zero-order valence-corrected chi connectivity index (χ0v) is 14.2. The zero-order chi connectivity index (χ0) is 17.8. The van der Waals surface area contributed by atoms with Crippen LogP contribution in [0.3, 0.4) is 0 Å². The van der Waals surface area contributed by atoms with E-state index in [1.54, 1.807) is 20.8 Å². The van der Waals surface area contributed by atoms with Crippen molar-refractivity contribution >= 4 is 16.8 Å². The maximum absolute atomic E-state index is 13.1. The van der Waals surface area contributed by atoms with Crippen molar-refractivity contribution in [2.24, 2.45) is 0 Å². The molecule has 1 N–H and O–H groups in total. The van der Waals surface area contributed by atoms with Crippen LogP contribution in [0.25, 0.3) is 0 Å². The van der Waals surface area contributed by atoms with Gasteiger partial charge in [-0.15, -0.1) is 0 Å². The SMILES string of the molecule is COc1ccc(C(=O)C[C@H](NS(=O)C(C)(C)C)C(F)(F)F)cc1. The van der Waals surface area contributed by atoms with E-state index in [1.807, 2.05) is 4.72 Å². The Morgan fingerprint density at radius 2 is 1.74 bits per heavy atom. The molecule has 0 spiro atoms. The Balaban J connectivity index is 2.88. The third-order valence-corrected chi connectivity index (χ3v) is 4.61. The Labute approximate surface area is 136 Å². The lowest BCUT2D eigenvalue weighted by Gasteiger charge is -2.25. The highest BCUT2D eigenvalue weighted by Crippen LogP contribution is 2.26. The molecule has 130 valence electrons. The van der Waals surface area contributed by atoms with E-state index in [4.69, 9.17) is 4.74 Å². The van der Waals surface area contributed by atoms with Crippen molar-refractivity contribution in [3.05, 3.63) is 29.8 Å². The maximum atomic E-state index is 13.1. The third kappa shape index (κ3) is 5.95. The van der Waals surface area contributed by atoms with Gasteiger partial charge in [-0.1, -0.05) is 0 Å². The smallest absolute Gasteiger partial charge is 0.405 e. The van der Waals surface area contributed by atoms with E-state index in [1.165, 1.54) is 31.4 Å². The fraction of sp³-hybridized carbons (Fsp3) is 0.533. The van der Waals surface area contributed by atoms with Crippen LogP contribution >= 0.6 is 0 Å². The molecule has 0 heterocycles. The van der Waals surface area contributed by atoms with Crippen LogP contribution in [0.1, 0.15) is 37.6 Å². The predicted molar refractivity (Wildman–Crippen MR) is 82.8 cm³/mol. The van der Waals surface area contributed by atoms with Gasteiger partial charge in [0.2, 0.25) is 0 Å². The number of hydrogen-bond acceptors (Lipinski definition) is 3. The molecule has 2 atom stereocenters. The summed E-state index contributed by atoms with van der Waals surface area (Å²) in [5, 5.41) is 0. The van der Waals surface area contributed by atoms with Crippen LogP contribution in [0.4, 0.5) is 13.2 Å². The summed E-state index contributed by atoms with van der Waals surface area (Å²) in [4.78, 5) is 12.1. The minimum atomic E-state index is -4.68. The van der Waals surface area contributed by atoms with Gasteiger partial charge in [0, 0.05) is 12.0 Å². The van der Waals surface area contributed by atoms with Gasteiger partial charge in [0.1, 0.15) is 11.8 Å². The van der Waals surface area contributed by atoms with Crippen LogP contribution < -0.4 is 9.46 Å². The number of benzene rings is 1. The fourth-order valence-electron chi connectivity index (χ4n) is 1.61. The van der Waals surface area contributed by atoms with E-state index in [2.05, 4.69) is 0 Å². The molecular formula is C15H20F3NO3S. The Hall–Kier alpha value is -1.41. The molecular weight excluding hydrogens is 331 g/mol. The second-order valence-electron chi connectivity index (χ2n) is 5.95. The monoisotopic (exact) mass is 351 g/mol. The predicted octanol–water partition coefficient (Wildman–Crippen LogP) is 3.25. The average molecular weight is 351 g/mol. The molecule has 1 unspecified atom stereocenters. The molecule has 1 aromatic rings. The number of hydrogen-bond donors (Lipinski definition) is 1. The summed E-state index contributed by atoms with van der Waals surface area (Å²) in [6, 6.07) is 3.62. The van der Waals surface area contributed by atoms with Crippen molar-refractivity contribution in [2.45, 2.75) is 44.2 Å². The van der Waals surface area contributed by atoms with E-state index in [0.29, 0.717) is 5.75 Å². The van der Waals surface area contributed by atoms with Gasteiger partial charge in [-0.05, 0) is 45.0 Å². The van der Waals surface area contributed by atoms with Gasteiger partial charge in [0.05, 0.1) is 22.8 Å². The molecule has 0 fully saturated rings.